The molecular formula is C16H21BrFNO2. The number of esters is 1. The van der Waals surface area contributed by atoms with E-state index in [-0.39, 0.29) is 17.8 Å². The van der Waals surface area contributed by atoms with Crippen molar-refractivity contribution in [1.82, 2.24) is 4.90 Å². The van der Waals surface area contributed by atoms with Crippen molar-refractivity contribution in [3.63, 3.8) is 0 Å². The van der Waals surface area contributed by atoms with Gasteiger partial charge in [-0.3, -0.25) is 9.69 Å². The molecule has 1 heterocycles. The Bertz CT molecular complexity index is 527. The molecule has 0 amide bonds. The summed E-state index contributed by atoms with van der Waals surface area (Å²) in [5.74, 6) is -0.455. The van der Waals surface area contributed by atoms with Crippen LogP contribution in [0.25, 0.3) is 0 Å². The van der Waals surface area contributed by atoms with Gasteiger partial charge in [0.25, 0.3) is 0 Å². The molecule has 1 aliphatic heterocycles. The third-order valence-electron chi connectivity index (χ3n) is 3.42. The molecule has 0 saturated carbocycles. The van der Waals surface area contributed by atoms with Crippen LogP contribution < -0.4 is 0 Å². The average Bonchev–Trinajstić information content (AvgIpc) is 2.80. The topological polar surface area (TPSA) is 29.5 Å². The van der Waals surface area contributed by atoms with Crippen LogP contribution in [-0.4, -0.2) is 29.1 Å². The first-order valence-corrected chi connectivity index (χ1v) is 7.96. The molecule has 0 radical (unpaired) electrons. The SMILES string of the molecule is CC(C)(C)OC(=O)[C@H]1CCCN1Cc1cc(Br)ccc1F. The lowest BCUT2D eigenvalue weighted by atomic mass is 10.1. The molecule has 3 nitrogen and oxygen atoms in total. The number of halogens is 2. The van der Waals surface area contributed by atoms with Crippen molar-refractivity contribution in [3.05, 3.63) is 34.1 Å². The van der Waals surface area contributed by atoms with Gasteiger partial charge in [0.1, 0.15) is 17.5 Å². The fourth-order valence-corrected chi connectivity index (χ4v) is 2.94. The van der Waals surface area contributed by atoms with Crippen molar-refractivity contribution in [1.29, 1.82) is 0 Å². The first kappa shape index (κ1) is 16.4. The quantitative estimate of drug-likeness (QED) is 0.768. The molecule has 0 bridgehead atoms. The first-order chi connectivity index (χ1) is 9.76. The van der Waals surface area contributed by atoms with Gasteiger partial charge in [0.15, 0.2) is 0 Å². The number of hydrogen-bond donors (Lipinski definition) is 0. The maximum atomic E-state index is 13.9. The summed E-state index contributed by atoms with van der Waals surface area (Å²) in [5, 5.41) is 0. The summed E-state index contributed by atoms with van der Waals surface area (Å²) in [6.07, 6.45) is 1.70. The fourth-order valence-electron chi connectivity index (χ4n) is 2.54. The highest BCUT2D eigenvalue weighted by Gasteiger charge is 2.34. The van der Waals surface area contributed by atoms with Gasteiger partial charge in [-0.25, -0.2) is 4.39 Å². The van der Waals surface area contributed by atoms with Crippen molar-refractivity contribution in [2.24, 2.45) is 0 Å². The molecular weight excluding hydrogens is 337 g/mol. The van der Waals surface area contributed by atoms with Crippen LogP contribution in [0.2, 0.25) is 0 Å². The maximum absolute atomic E-state index is 13.9. The lowest BCUT2D eigenvalue weighted by Crippen LogP contribution is -2.40. The summed E-state index contributed by atoms with van der Waals surface area (Å²) in [6, 6.07) is 4.61. The summed E-state index contributed by atoms with van der Waals surface area (Å²) in [4.78, 5) is 14.2. The highest BCUT2D eigenvalue weighted by molar-refractivity contribution is 9.10. The monoisotopic (exact) mass is 357 g/mol. The Morgan fingerprint density at radius 1 is 1.48 bits per heavy atom. The lowest BCUT2D eigenvalue weighted by molar-refractivity contribution is -0.160. The van der Waals surface area contributed by atoms with Crippen LogP contribution in [0.1, 0.15) is 39.2 Å². The molecule has 0 unspecified atom stereocenters. The Hall–Kier alpha value is -0.940. The Balaban J connectivity index is 2.08. The van der Waals surface area contributed by atoms with E-state index in [1.54, 1.807) is 12.1 Å². The van der Waals surface area contributed by atoms with E-state index >= 15 is 0 Å². The zero-order chi connectivity index (χ0) is 15.6. The van der Waals surface area contributed by atoms with Crippen LogP contribution in [0.4, 0.5) is 4.39 Å². The summed E-state index contributed by atoms with van der Waals surface area (Å²) < 4.78 is 20.2. The van der Waals surface area contributed by atoms with Crippen LogP contribution in [0.5, 0.6) is 0 Å². The van der Waals surface area contributed by atoms with E-state index in [9.17, 15) is 9.18 Å². The molecule has 1 saturated heterocycles. The predicted molar refractivity (Wildman–Crippen MR) is 83.4 cm³/mol. The number of ether oxygens (including phenoxy) is 1. The van der Waals surface area contributed by atoms with Crippen molar-refractivity contribution in [2.45, 2.75) is 51.8 Å². The zero-order valence-corrected chi connectivity index (χ0v) is 14.2. The van der Waals surface area contributed by atoms with Gasteiger partial charge in [0.2, 0.25) is 0 Å². The molecule has 1 atom stereocenters. The Kier molecular flexibility index (Phi) is 5.04. The molecule has 21 heavy (non-hydrogen) atoms. The largest absolute Gasteiger partial charge is 0.459 e. The molecule has 1 aromatic rings. The number of nitrogens with zero attached hydrogens (tertiary/aromatic N) is 1. The van der Waals surface area contributed by atoms with Crippen LogP contribution in [0, 0.1) is 5.82 Å². The Morgan fingerprint density at radius 3 is 2.86 bits per heavy atom. The van der Waals surface area contributed by atoms with Gasteiger partial charge in [-0.05, 0) is 58.4 Å². The number of hydrogen-bond acceptors (Lipinski definition) is 3. The van der Waals surface area contributed by atoms with Gasteiger partial charge in [-0.15, -0.1) is 0 Å². The molecule has 1 aliphatic rings. The summed E-state index contributed by atoms with van der Waals surface area (Å²) in [6.45, 7) is 6.79. The second kappa shape index (κ2) is 6.44. The van der Waals surface area contributed by atoms with Gasteiger partial charge >= 0.3 is 5.97 Å². The Labute approximate surface area is 133 Å². The number of carbonyl (C=O) groups excluding carboxylic acids is 1. The van der Waals surface area contributed by atoms with Crippen LogP contribution in [0.15, 0.2) is 22.7 Å². The number of carbonyl (C=O) groups is 1. The van der Waals surface area contributed by atoms with Crippen molar-refractivity contribution < 1.29 is 13.9 Å². The van der Waals surface area contributed by atoms with Gasteiger partial charge in [0.05, 0.1) is 0 Å². The highest BCUT2D eigenvalue weighted by Crippen LogP contribution is 2.25. The van der Waals surface area contributed by atoms with E-state index in [4.69, 9.17) is 4.74 Å². The second-order valence-electron chi connectivity index (χ2n) is 6.40. The number of benzene rings is 1. The van der Waals surface area contributed by atoms with E-state index in [2.05, 4.69) is 15.9 Å². The molecule has 1 aromatic carbocycles. The van der Waals surface area contributed by atoms with Crippen LogP contribution in [-0.2, 0) is 16.1 Å². The summed E-state index contributed by atoms with van der Waals surface area (Å²) in [7, 11) is 0. The van der Waals surface area contributed by atoms with Gasteiger partial charge in [0, 0.05) is 16.6 Å². The van der Waals surface area contributed by atoms with Gasteiger partial charge in [-0.1, -0.05) is 15.9 Å². The van der Waals surface area contributed by atoms with Crippen LogP contribution >= 0.6 is 15.9 Å². The molecule has 116 valence electrons. The minimum atomic E-state index is -0.494. The third kappa shape index (κ3) is 4.51. The van der Waals surface area contributed by atoms with Crippen molar-refractivity contribution in [3.8, 4) is 0 Å². The van der Waals surface area contributed by atoms with E-state index in [1.165, 1.54) is 6.07 Å². The minimum absolute atomic E-state index is 0.213. The molecule has 0 N–H and O–H groups in total. The summed E-state index contributed by atoms with van der Waals surface area (Å²) >= 11 is 3.35. The Morgan fingerprint density at radius 2 is 2.19 bits per heavy atom. The fraction of sp³-hybridized carbons (Fsp3) is 0.562. The smallest absolute Gasteiger partial charge is 0.323 e. The highest BCUT2D eigenvalue weighted by atomic mass is 79.9. The van der Waals surface area contributed by atoms with Gasteiger partial charge < -0.3 is 4.74 Å². The third-order valence-corrected chi connectivity index (χ3v) is 3.92. The standard InChI is InChI=1S/C16H21BrFNO2/c1-16(2,3)21-15(20)14-5-4-8-19(14)10-11-9-12(17)6-7-13(11)18/h6-7,9,14H,4-5,8,10H2,1-3H3/t14-/m1/s1. The summed E-state index contributed by atoms with van der Waals surface area (Å²) in [5.41, 5.74) is 0.103. The number of rotatable bonds is 3. The van der Waals surface area contributed by atoms with E-state index in [0.717, 1.165) is 23.9 Å². The van der Waals surface area contributed by atoms with E-state index in [0.29, 0.717) is 12.1 Å². The molecule has 5 heteroatoms. The predicted octanol–water partition coefficient (Wildman–Crippen LogP) is 3.89. The average molecular weight is 358 g/mol. The number of likely N-dealkylation sites (tertiary alicyclic amines) is 1. The zero-order valence-electron chi connectivity index (χ0n) is 12.7. The lowest BCUT2D eigenvalue weighted by Gasteiger charge is -2.27. The maximum Gasteiger partial charge on any atom is 0.323 e. The second-order valence-corrected chi connectivity index (χ2v) is 7.31. The molecule has 0 aliphatic carbocycles. The van der Waals surface area contributed by atoms with Crippen molar-refractivity contribution >= 4 is 21.9 Å². The van der Waals surface area contributed by atoms with E-state index in [1.807, 2.05) is 25.7 Å². The molecule has 0 spiro atoms. The van der Waals surface area contributed by atoms with Crippen molar-refractivity contribution in [2.75, 3.05) is 6.54 Å². The van der Waals surface area contributed by atoms with Crippen LogP contribution in [0.3, 0.4) is 0 Å². The van der Waals surface area contributed by atoms with Gasteiger partial charge in [-0.2, -0.15) is 0 Å². The molecule has 0 aromatic heterocycles. The van der Waals surface area contributed by atoms with E-state index < -0.39 is 5.60 Å². The minimum Gasteiger partial charge on any atom is -0.459 e. The molecule has 2 rings (SSSR count). The normalized spacial score (nSPS) is 19.8. The first-order valence-electron chi connectivity index (χ1n) is 7.17. The molecule has 1 fully saturated rings.